The predicted octanol–water partition coefficient (Wildman–Crippen LogP) is 2.36. The van der Waals surface area contributed by atoms with Gasteiger partial charge in [-0.05, 0) is 50.5 Å². The number of rotatable bonds is 3. The lowest BCUT2D eigenvalue weighted by atomic mass is 9.80. The lowest BCUT2D eigenvalue weighted by Gasteiger charge is -2.38. The zero-order valence-corrected chi connectivity index (χ0v) is 13.1. The molecule has 0 amide bonds. The van der Waals surface area contributed by atoms with Crippen LogP contribution in [0.4, 0.5) is 5.95 Å². The van der Waals surface area contributed by atoms with Gasteiger partial charge in [0.05, 0.1) is 18.1 Å². The Morgan fingerprint density at radius 2 is 2.05 bits per heavy atom. The maximum atomic E-state index is 6.15. The highest BCUT2D eigenvalue weighted by Crippen LogP contribution is 2.34. The second-order valence-electron chi connectivity index (χ2n) is 6.52. The first-order valence-electron chi connectivity index (χ1n) is 7.49. The summed E-state index contributed by atoms with van der Waals surface area (Å²) in [7, 11) is 3.86. The van der Waals surface area contributed by atoms with Crippen LogP contribution in [0.3, 0.4) is 0 Å². The van der Waals surface area contributed by atoms with E-state index in [1.54, 1.807) is 7.11 Å². The highest BCUT2D eigenvalue weighted by Gasteiger charge is 2.30. The molecule has 1 aromatic heterocycles. The van der Waals surface area contributed by atoms with E-state index in [9.17, 15) is 0 Å². The van der Waals surface area contributed by atoms with Crippen LogP contribution in [-0.4, -0.2) is 41.7 Å². The van der Waals surface area contributed by atoms with Crippen LogP contribution < -0.4 is 10.5 Å². The van der Waals surface area contributed by atoms with Gasteiger partial charge in [-0.25, -0.2) is 4.98 Å². The van der Waals surface area contributed by atoms with E-state index in [0.29, 0.717) is 5.95 Å². The van der Waals surface area contributed by atoms with Gasteiger partial charge in [-0.1, -0.05) is 6.92 Å². The Labute approximate surface area is 125 Å². The van der Waals surface area contributed by atoms with Crippen molar-refractivity contribution in [2.75, 3.05) is 33.0 Å². The SMILES string of the molecule is COc1ccc2c(c1)nc(N)n2CC1(C)CCN(C)CC1. The quantitative estimate of drug-likeness (QED) is 0.942. The summed E-state index contributed by atoms with van der Waals surface area (Å²) >= 11 is 0. The van der Waals surface area contributed by atoms with Crippen LogP contribution in [0.1, 0.15) is 19.8 Å². The van der Waals surface area contributed by atoms with Crippen LogP contribution in [0.5, 0.6) is 5.75 Å². The molecule has 0 radical (unpaired) electrons. The van der Waals surface area contributed by atoms with E-state index in [-0.39, 0.29) is 5.41 Å². The molecule has 114 valence electrons. The Morgan fingerprint density at radius 3 is 2.71 bits per heavy atom. The molecular weight excluding hydrogens is 264 g/mol. The van der Waals surface area contributed by atoms with E-state index < -0.39 is 0 Å². The summed E-state index contributed by atoms with van der Waals surface area (Å²) in [5.41, 5.74) is 8.43. The van der Waals surface area contributed by atoms with Crippen molar-refractivity contribution in [2.45, 2.75) is 26.3 Å². The lowest BCUT2D eigenvalue weighted by molar-refractivity contribution is 0.122. The molecule has 0 unspecified atom stereocenters. The summed E-state index contributed by atoms with van der Waals surface area (Å²) in [5, 5.41) is 0. The number of nitrogens with two attached hydrogens (primary N) is 1. The van der Waals surface area contributed by atoms with Crippen molar-refractivity contribution in [2.24, 2.45) is 5.41 Å². The Hall–Kier alpha value is -1.75. The molecule has 2 aromatic rings. The van der Waals surface area contributed by atoms with Crippen LogP contribution in [0.15, 0.2) is 18.2 Å². The number of ether oxygens (including phenoxy) is 1. The van der Waals surface area contributed by atoms with Crippen molar-refractivity contribution < 1.29 is 4.74 Å². The number of benzene rings is 1. The zero-order valence-electron chi connectivity index (χ0n) is 13.1. The third-order valence-electron chi connectivity index (χ3n) is 4.72. The highest BCUT2D eigenvalue weighted by molar-refractivity contribution is 5.79. The normalized spacial score (nSPS) is 19.0. The van der Waals surface area contributed by atoms with Gasteiger partial charge in [0.15, 0.2) is 0 Å². The van der Waals surface area contributed by atoms with Crippen molar-refractivity contribution >= 4 is 17.0 Å². The van der Waals surface area contributed by atoms with Gasteiger partial charge in [-0.3, -0.25) is 0 Å². The van der Waals surface area contributed by atoms with E-state index in [0.717, 1.165) is 36.4 Å². The molecule has 1 saturated heterocycles. The summed E-state index contributed by atoms with van der Waals surface area (Å²) < 4.78 is 7.41. The molecule has 0 atom stereocenters. The minimum absolute atomic E-state index is 0.286. The topological polar surface area (TPSA) is 56.3 Å². The number of aromatic nitrogens is 2. The Morgan fingerprint density at radius 1 is 1.33 bits per heavy atom. The lowest BCUT2D eigenvalue weighted by Crippen LogP contribution is -2.38. The predicted molar refractivity (Wildman–Crippen MR) is 85.5 cm³/mol. The smallest absolute Gasteiger partial charge is 0.201 e. The minimum Gasteiger partial charge on any atom is -0.497 e. The molecule has 21 heavy (non-hydrogen) atoms. The molecule has 0 bridgehead atoms. The Bertz CT molecular complexity index is 641. The Balaban J connectivity index is 1.91. The van der Waals surface area contributed by atoms with Crippen LogP contribution in [0.2, 0.25) is 0 Å². The highest BCUT2D eigenvalue weighted by atomic mass is 16.5. The van der Waals surface area contributed by atoms with Crippen LogP contribution >= 0.6 is 0 Å². The number of piperidine rings is 1. The number of hydrogen-bond donors (Lipinski definition) is 1. The third kappa shape index (κ3) is 2.70. The number of hydrogen-bond acceptors (Lipinski definition) is 4. The number of nitrogens with zero attached hydrogens (tertiary/aromatic N) is 3. The van der Waals surface area contributed by atoms with Crippen molar-refractivity contribution in [1.29, 1.82) is 0 Å². The summed E-state index contributed by atoms with van der Waals surface area (Å²) in [6.45, 7) is 5.58. The standard InChI is InChI=1S/C16H24N4O/c1-16(6-8-19(2)9-7-16)11-20-14-5-4-12(21-3)10-13(14)18-15(20)17/h4-5,10H,6-9,11H2,1-3H3,(H2,17,18). The minimum atomic E-state index is 0.286. The summed E-state index contributed by atoms with van der Waals surface area (Å²) in [5.74, 6) is 1.41. The first-order valence-corrected chi connectivity index (χ1v) is 7.49. The van der Waals surface area contributed by atoms with Crippen molar-refractivity contribution in [3.8, 4) is 5.75 Å². The molecule has 2 heterocycles. The first-order chi connectivity index (χ1) is 10.0. The van der Waals surface area contributed by atoms with E-state index in [4.69, 9.17) is 10.5 Å². The maximum absolute atomic E-state index is 6.15. The number of anilines is 1. The molecular formula is C16H24N4O. The average Bonchev–Trinajstić information content (AvgIpc) is 2.77. The van der Waals surface area contributed by atoms with E-state index >= 15 is 0 Å². The molecule has 2 N–H and O–H groups in total. The van der Waals surface area contributed by atoms with Crippen molar-refractivity contribution in [3.63, 3.8) is 0 Å². The molecule has 0 aliphatic carbocycles. The van der Waals surface area contributed by atoms with Gasteiger partial charge in [0.2, 0.25) is 5.95 Å². The van der Waals surface area contributed by atoms with Gasteiger partial charge in [-0.2, -0.15) is 0 Å². The van der Waals surface area contributed by atoms with Gasteiger partial charge < -0.3 is 19.9 Å². The monoisotopic (exact) mass is 288 g/mol. The zero-order chi connectivity index (χ0) is 15.0. The average molecular weight is 288 g/mol. The third-order valence-corrected chi connectivity index (χ3v) is 4.72. The fourth-order valence-corrected chi connectivity index (χ4v) is 3.12. The van der Waals surface area contributed by atoms with E-state index in [2.05, 4.69) is 34.5 Å². The molecule has 1 aromatic carbocycles. The maximum Gasteiger partial charge on any atom is 0.201 e. The summed E-state index contributed by atoms with van der Waals surface area (Å²) in [6, 6.07) is 5.96. The van der Waals surface area contributed by atoms with Crippen LogP contribution in [0, 0.1) is 5.41 Å². The van der Waals surface area contributed by atoms with Crippen LogP contribution in [0.25, 0.3) is 11.0 Å². The molecule has 0 spiro atoms. The van der Waals surface area contributed by atoms with Gasteiger partial charge in [-0.15, -0.1) is 0 Å². The van der Waals surface area contributed by atoms with Crippen molar-refractivity contribution in [1.82, 2.24) is 14.5 Å². The van der Waals surface area contributed by atoms with Crippen molar-refractivity contribution in [3.05, 3.63) is 18.2 Å². The summed E-state index contributed by atoms with van der Waals surface area (Å²) in [4.78, 5) is 6.87. The van der Waals surface area contributed by atoms with Gasteiger partial charge in [0, 0.05) is 12.6 Å². The molecule has 1 fully saturated rings. The van der Waals surface area contributed by atoms with E-state index in [1.807, 2.05) is 12.1 Å². The number of imidazole rings is 1. The summed E-state index contributed by atoms with van der Waals surface area (Å²) in [6.07, 6.45) is 2.39. The fourth-order valence-electron chi connectivity index (χ4n) is 3.12. The van der Waals surface area contributed by atoms with Crippen LogP contribution in [-0.2, 0) is 6.54 Å². The molecule has 5 heteroatoms. The number of likely N-dealkylation sites (tertiary alicyclic amines) is 1. The molecule has 1 aliphatic rings. The second-order valence-corrected chi connectivity index (χ2v) is 6.52. The Kier molecular flexibility index (Phi) is 3.53. The molecule has 3 rings (SSSR count). The number of methoxy groups -OCH3 is 1. The van der Waals surface area contributed by atoms with Gasteiger partial charge in [0.1, 0.15) is 5.75 Å². The fraction of sp³-hybridized carbons (Fsp3) is 0.562. The number of fused-ring (bicyclic) bond motifs is 1. The molecule has 1 aliphatic heterocycles. The number of nitrogen functional groups attached to an aromatic ring is 1. The van der Waals surface area contributed by atoms with Gasteiger partial charge >= 0.3 is 0 Å². The second kappa shape index (κ2) is 5.22. The van der Waals surface area contributed by atoms with Gasteiger partial charge in [0.25, 0.3) is 0 Å². The van der Waals surface area contributed by atoms with E-state index in [1.165, 1.54) is 12.8 Å². The molecule has 0 saturated carbocycles. The first kappa shape index (κ1) is 14.2. The largest absolute Gasteiger partial charge is 0.497 e. The molecule has 5 nitrogen and oxygen atoms in total.